The fourth-order valence-corrected chi connectivity index (χ4v) is 3.07. The van der Waals surface area contributed by atoms with Crippen LogP contribution < -0.4 is 5.32 Å². The van der Waals surface area contributed by atoms with Gasteiger partial charge in [0.25, 0.3) is 0 Å². The minimum atomic E-state index is -4.37. The average molecular weight is 391 g/mol. The Bertz CT molecular complexity index is 771. The number of nitrogens with one attached hydrogen (secondary N) is 1. The van der Waals surface area contributed by atoms with Gasteiger partial charge in [0.15, 0.2) is 0 Å². The maximum Gasteiger partial charge on any atom is 0.416 e. The van der Waals surface area contributed by atoms with Crippen LogP contribution in [-0.2, 0) is 11.0 Å². The second-order valence-corrected chi connectivity index (χ2v) is 6.48. The molecule has 28 heavy (non-hydrogen) atoms. The zero-order valence-electron chi connectivity index (χ0n) is 15.8. The van der Waals surface area contributed by atoms with E-state index < -0.39 is 11.7 Å². The monoisotopic (exact) mass is 391 g/mol. The second-order valence-electron chi connectivity index (χ2n) is 6.48. The van der Waals surface area contributed by atoms with Crippen molar-refractivity contribution in [2.45, 2.75) is 25.9 Å². The molecule has 0 unspecified atom stereocenters. The van der Waals surface area contributed by atoms with Gasteiger partial charge in [0.05, 0.1) is 17.0 Å². The van der Waals surface area contributed by atoms with E-state index in [4.69, 9.17) is 0 Å². The Morgan fingerprint density at radius 2 is 1.86 bits per heavy atom. The Morgan fingerprint density at radius 1 is 1.25 bits per heavy atom. The Morgan fingerprint density at radius 3 is 2.36 bits per heavy atom. The molecule has 2 rings (SSSR count). The van der Waals surface area contributed by atoms with Gasteiger partial charge in [0.2, 0.25) is 5.91 Å². The molecule has 0 bridgehead atoms. The van der Waals surface area contributed by atoms with Crippen LogP contribution in [0.1, 0.15) is 25.3 Å². The molecule has 1 N–H and O–H groups in total. The number of aliphatic imine (C=N–C) groups is 1. The lowest BCUT2D eigenvalue weighted by atomic mass is 9.90. The van der Waals surface area contributed by atoms with Crippen molar-refractivity contribution in [1.82, 2.24) is 4.90 Å². The van der Waals surface area contributed by atoms with Crippen LogP contribution in [0.2, 0.25) is 0 Å². The van der Waals surface area contributed by atoms with Crippen LogP contribution in [-0.4, -0.2) is 29.6 Å². The van der Waals surface area contributed by atoms with Crippen molar-refractivity contribution in [2.75, 3.05) is 18.4 Å². The molecular formula is C21H24F3N3O. The normalized spacial score (nSPS) is 16.3. The highest BCUT2D eigenvalue weighted by molar-refractivity contribution is 6.04. The van der Waals surface area contributed by atoms with E-state index in [2.05, 4.69) is 23.5 Å². The number of piperidine rings is 1. The van der Waals surface area contributed by atoms with Crippen LogP contribution in [0.25, 0.3) is 0 Å². The quantitative estimate of drug-likeness (QED) is 0.546. The molecule has 0 radical (unpaired) electrons. The summed E-state index contributed by atoms with van der Waals surface area (Å²) in [5.41, 5.74) is 1.08. The van der Waals surface area contributed by atoms with E-state index in [0.717, 1.165) is 30.7 Å². The third-order valence-electron chi connectivity index (χ3n) is 4.55. The molecule has 1 aromatic rings. The summed E-state index contributed by atoms with van der Waals surface area (Å²) < 4.78 is 38.1. The maximum absolute atomic E-state index is 12.7. The highest BCUT2D eigenvalue weighted by Gasteiger charge is 2.30. The van der Waals surface area contributed by atoms with E-state index in [1.807, 2.05) is 6.92 Å². The largest absolute Gasteiger partial charge is 0.416 e. The lowest BCUT2D eigenvalue weighted by molar-refractivity contribution is -0.137. The minimum absolute atomic E-state index is 0.0906. The van der Waals surface area contributed by atoms with Crippen LogP contribution in [0.5, 0.6) is 0 Å². The number of likely N-dealkylation sites (tertiary alicyclic amines) is 1. The van der Waals surface area contributed by atoms with E-state index in [1.165, 1.54) is 18.2 Å². The van der Waals surface area contributed by atoms with Crippen molar-refractivity contribution in [3.8, 4) is 0 Å². The number of carbonyl (C=O) groups excluding carboxylic acids is 1. The van der Waals surface area contributed by atoms with Crippen molar-refractivity contribution in [3.63, 3.8) is 0 Å². The zero-order valence-corrected chi connectivity index (χ0v) is 15.8. The number of allylic oxidation sites excluding steroid dienone is 2. The number of benzene rings is 1. The van der Waals surface area contributed by atoms with Crippen molar-refractivity contribution >= 4 is 17.3 Å². The molecule has 0 saturated carbocycles. The topological polar surface area (TPSA) is 44.7 Å². The summed E-state index contributed by atoms with van der Waals surface area (Å²) in [6, 6.07) is 4.79. The molecule has 0 aromatic heterocycles. The SMILES string of the molecule is C=CC(=O)N1CCC(C(=N/C=C\C)C(=C)Nc2ccc(C(F)(F)F)cc2)CC1. The molecular weight excluding hydrogens is 367 g/mol. The standard InChI is InChI=1S/C21H24F3N3O/c1-4-12-25-20(16-10-13-27(14-11-16)19(28)5-2)15(3)26-18-8-6-17(7-9-18)21(22,23)24/h4-9,12,16,26H,2-3,10-11,13-14H2,1H3/b12-4-,25-20?. The number of alkyl halides is 3. The molecule has 1 aliphatic rings. The second kappa shape index (κ2) is 9.39. The van der Waals surface area contributed by atoms with Crippen molar-refractivity contribution < 1.29 is 18.0 Å². The van der Waals surface area contributed by atoms with Gasteiger partial charge in [-0.15, -0.1) is 0 Å². The molecule has 0 atom stereocenters. The molecule has 7 heteroatoms. The first-order chi connectivity index (χ1) is 13.3. The Balaban J connectivity index is 2.10. The molecule has 1 heterocycles. The predicted octanol–water partition coefficient (Wildman–Crippen LogP) is 5.03. The summed E-state index contributed by atoms with van der Waals surface area (Å²) in [6.45, 7) is 10.6. The van der Waals surface area contributed by atoms with Crippen LogP contribution in [0.4, 0.5) is 18.9 Å². The van der Waals surface area contributed by atoms with Crippen LogP contribution in [0.15, 0.2) is 66.5 Å². The van der Waals surface area contributed by atoms with Gasteiger partial charge in [-0.25, -0.2) is 0 Å². The first kappa shape index (κ1) is 21.5. The summed E-state index contributed by atoms with van der Waals surface area (Å²) in [5.74, 6) is 0.00612. The lowest BCUT2D eigenvalue weighted by Gasteiger charge is -2.32. The Labute approximate surface area is 163 Å². The predicted molar refractivity (Wildman–Crippen MR) is 106 cm³/mol. The third kappa shape index (κ3) is 5.58. The number of rotatable bonds is 6. The highest BCUT2D eigenvalue weighted by Crippen LogP contribution is 2.30. The van der Waals surface area contributed by atoms with E-state index in [9.17, 15) is 18.0 Å². The van der Waals surface area contributed by atoms with E-state index in [0.29, 0.717) is 24.5 Å². The summed E-state index contributed by atoms with van der Waals surface area (Å²) in [7, 11) is 0. The van der Waals surface area contributed by atoms with E-state index in [-0.39, 0.29) is 11.8 Å². The van der Waals surface area contributed by atoms with Gasteiger partial charge in [-0.2, -0.15) is 13.2 Å². The molecule has 1 saturated heterocycles. The molecule has 0 spiro atoms. The van der Waals surface area contributed by atoms with Crippen molar-refractivity contribution in [3.05, 3.63) is 67.0 Å². The fourth-order valence-electron chi connectivity index (χ4n) is 3.07. The van der Waals surface area contributed by atoms with Crippen LogP contribution in [0.3, 0.4) is 0 Å². The molecule has 1 aliphatic heterocycles. The Kier molecular flexibility index (Phi) is 7.20. The number of nitrogens with zero attached hydrogens (tertiary/aromatic N) is 2. The van der Waals surface area contributed by atoms with Gasteiger partial charge >= 0.3 is 6.18 Å². The number of amides is 1. The molecule has 1 amide bonds. The van der Waals surface area contributed by atoms with Crippen molar-refractivity contribution in [1.29, 1.82) is 0 Å². The number of carbonyl (C=O) groups is 1. The van der Waals surface area contributed by atoms with Gasteiger partial charge in [0.1, 0.15) is 0 Å². The first-order valence-electron chi connectivity index (χ1n) is 9.00. The smallest absolute Gasteiger partial charge is 0.355 e. The molecule has 1 aromatic carbocycles. The summed E-state index contributed by atoms with van der Waals surface area (Å²) in [6.07, 6.45) is 1.84. The number of halogens is 3. The number of hydrogen-bond donors (Lipinski definition) is 1. The van der Waals surface area contributed by atoms with E-state index in [1.54, 1.807) is 17.2 Å². The number of hydrogen-bond acceptors (Lipinski definition) is 3. The van der Waals surface area contributed by atoms with Gasteiger partial charge in [0, 0.05) is 30.9 Å². The maximum atomic E-state index is 12.7. The fraction of sp³-hybridized carbons (Fsp3) is 0.333. The summed E-state index contributed by atoms with van der Waals surface area (Å²) in [4.78, 5) is 18.0. The lowest BCUT2D eigenvalue weighted by Crippen LogP contribution is -2.40. The van der Waals surface area contributed by atoms with Crippen molar-refractivity contribution in [2.24, 2.45) is 10.9 Å². The summed E-state index contributed by atoms with van der Waals surface area (Å²) >= 11 is 0. The van der Waals surface area contributed by atoms with Gasteiger partial charge in [-0.05, 0) is 50.1 Å². The third-order valence-corrected chi connectivity index (χ3v) is 4.55. The first-order valence-corrected chi connectivity index (χ1v) is 9.00. The van der Waals surface area contributed by atoms with Gasteiger partial charge in [-0.1, -0.05) is 19.2 Å². The van der Waals surface area contributed by atoms with Crippen LogP contribution in [0, 0.1) is 5.92 Å². The summed E-state index contributed by atoms with van der Waals surface area (Å²) in [5, 5.41) is 3.05. The van der Waals surface area contributed by atoms with E-state index >= 15 is 0 Å². The van der Waals surface area contributed by atoms with Crippen LogP contribution >= 0.6 is 0 Å². The Hall–Kier alpha value is -2.83. The van der Waals surface area contributed by atoms with Gasteiger partial charge < -0.3 is 10.2 Å². The molecule has 4 nitrogen and oxygen atoms in total. The molecule has 0 aliphatic carbocycles. The average Bonchev–Trinajstić information content (AvgIpc) is 2.68. The minimum Gasteiger partial charge on any atom is -0.355 e. The van der Waals surface area contributed by atoms with Gasteiger partial charge in [-0.3, -0.25) is 9.79 Å². The molecule has 150 valence electrons. The number of anilines is 1. The zero-order chi connectivity index (χ0) is 20.7. The molecule has 1 fully saturated rings. The highest BCUT2D eigenvalue weighted by atomic mass is 19.4.